The molecule has 0 saturated heterocycles. The van der Waals surface area contributed by atoms with Crippen molar-refractivity contribution in [2.24, 2.45) is 5.10 Å². The van der Waals surface area contributed by atoms with Crippen molar-refractivity contribution in [1.29, 1.82) is 0 Å². The normalized spacial score (nSPS) is 12.1. The number of amides is 1. The minimum Gasteiger partial charge on any atom is -0.480 e. The van der Waals surface area contributed by atoms with Gasteiger partial charge < -0.3 is 4.74 Å². The molecule has 0 fully saturated rings. The summed E-state index contributed by atoms with van der Waals surface area (Å²) in [6.07, 6.45) is 0.955. The third-order valence-corrected chi connectivity index (χ3v) is 3.63. The van der Waals surface area contributed by atoms with Crippen LogP contribution in [-0.4, -0.2) is 18.2 Å². The SMILES string of the molecule is Cc1ccc(/C=N\NC(=O)[C@@H](C)Oc2ccccc2Br)cc1. The van der Waals surface area contributed by atoms with Crippen LogP contribution in [0.4, 0.5) is 0 Å². The summed E-state index contributed by atoms with van der Waals surface area (Å²) in [5, 5.41) is 3.94. The van der Waals surface area contributed by atoms with Crippen molar-refractivity contribution in [2.75, 3.05) is 0 Å². The second kappa shape index (κ2) is 7.75. The van der Waals surface area contributed by atoms with Crippen molar-refractivity contribution in [2.45, 2.75) is 20.0 Å². The third-order valence-electron chi connectivity index (χ3n) is 2.98. The lowest BCUT2D eigenvalue weighted by Gasteiger charge is -2.13. The molecule has 1 amide bonds. The van der Waals surface area contributed by atoms with E-state index in [9.17, 15) is 4.79 Å². The zero-order chi connectivity index (χ0) is 15.9. The van der Waals surface area contributed by atoms with Crippen molar-refractivity contribution in [3.63, 3.8) is 0 Å². The molecule has 22 heavy (non-hydrogen) atoms. The lowest BCUT2D eigenvalue weighted by molar-refractivity contribution is -0.127. The van der Waals surface area contributed by atoms with Crippen LogP contribution in [-0.2, 0) is 4.79 Å². The number of hydrogen-bond acceptors (Lipinski definition) is 3. The highest BCUT2D eigenvalue weighted by molar-refractivity contribution is 9.10. The highest BCUT2D eigenvalue weighted by Gasteiger charge is 2.14. The van der Waals surface area contributed by atoms with Crippen molar-refractivity contribution in [3.05, 3.63) is 64.1 Å². The number of rotatable bonds is 5. The lowest BCUT2D eigenvalue weighted by Crippen LogP contribution is -2.33. The molecule has 2 rings (SSSR count). The van der Waals surface area contributed by atoms with Crippen LogP contribution in [0.15, 0.2) is 58.1 Å². The van der Waals surface area contributed by atoms with E-state index in [0.29, 0.717) is 5.75 Å². The fraction of sp³-hybridized carbons (Fsp3) is 0.176. The number of nitrogens with one attached hydrogen (secondary N) is 1. The van der Waals surface area contributed by atoms with E-state index in [1.807, 2.05) is 49.4 Å². The Hall–Kier alpha value is -2.14. The summed E-state index contributed by atoms with van der Waals surface area (Å²) >= 11 is 3.38. The maximum absolute atomic E-state index is 11.9. The van der Waals surface area contributed by atoms with Crippen LogP contribution in [0, 0.1) is 6.92 Å². The van der Waals surface area contributed by atoms with Gasteiger partial charge in [0.1, 0.15) is 5.75 Å². The number of hydrogen-bond donors (Lipinski definition) is 1. The van der Waals surface area contributed by atoms with Gasteiger partial charge in [0.25, 0.3) is 5.91 Å². The Morgan fingerprint density at radius 2 is 1.91 bits per heavy atom. The summed E-state index contributed by atoms with van der Waals surface area (Å²) in [6.45, 7) is 3.69. The van der Waals surface area contributed by atoms with Gasteiger partial charge in [0.05, 0.1) is 10.7 Å². The van der Waals surface area contributed by atoms with Gasteiger partial charge in [-0.3, -0.25) is 4.79 Å². The lowest BCUT2D eigenvalue weighted by atomic mass is 10.2. The predicted molar refractivity (Wildman–Crippen MR) is 91.1 cm³/mol. The standard InChI is InChI=1S/C17H17BrN2O2/c1-12-7-9-14(10-8-12)11-19-20-17(21)13(2)22-16-6-4-3-5-15(16)18/h3-11,13H,1-2H3,(H,20,21)/b19-11-/t13-/m1/s1. The first kappa shape index (κ1) is 16.2. The molecule has 2 aromatic carbocycles. The van der Waals surface area contributed by atoms with E-state index in [4.69, 9.17) is 4.74 Å². The van der Waals surface area contributed by atoms with E-state index in [1.165, 1.54) is 5.56 Å². The molecule has 114 valence electrons. The first-order valence-corrected chi connectivity index (χ1v) is 7.66. The predicted octanol–water partition coefficient (Wildman–Crippen LogP) is 3.68. The molecule has 0 aliphatic heterocycles. The summed E-state index contributed by atoms with van der Waals surface area (Å²) in [6, 6.07) is 15.2. The average Bonchev–Trinajstić information content (AvgIpc) is 2.51. The number of hydrazone groups is 1. The maximum Gasteiger partial charge on any atom is 0.280 e. The fourth-order valence-corrected chi connectivity index (χ4v) is 2.08. The summed E-state index contributed by atoms with van der Waals surface area (Å²) in [7, 11) is 0. The molecule has 0 saturated carbocycles. The molecule has 0 radical (unpaired) electrons. The zero-order valence-corrected chi connectivity index (χ0v) is 14.0. The molecule has 0 heterocycles. The number of halogens is 1. The molecule has 1 atom stereocenters. The first-order valence-electron chi connectivity index (χ1n) is 6.87. The average molecular weight is 361 g/mol. The van der Waals surface area contributed by atoms with Crippen LogP contribution >= 0.6 is 15.9 Å². The minimum atomic E-state index is -0.645. The molecule has 0 spiro atoms. The van der Waals surface area contributed by atoms with Gasteiger partial charge in [-0.2, -0.15) is 5.10 Å². The van der Waals surface area contributed by atoms with Crippen molar-refractivity contribution in [3.8, 4) is 5.75 Å². The Labute approximate surface area is 138 Å². The quantitative estimate of drug-likeness (QED) is 0.653. The highest BCUT2D eigenvalue weighted by Crippen LogP contribution is 2.24. The van der Waals surface area contributed by atoms with E-state index in [0.717, 1.165) is 10.0 Å². The first-order chi connectivity index (χ1) is 10.6. The van der Waals surface area contributed by atoms with E-state index >= 15 is 0 Å². The summed E-state index contributed by atoms with van der Waals surface area (Å²) in [4.78, 5) is 11.9. The van der Waals surface area contributed by atoms with Crippen LogP contribution in [0.3, 0.4) is 0 Å². The van der Waals surface area contributed by atoms with Crippen LogP contribution in [0.1, 0.15) is 18.1 Å². The second-order valence-corrected chi connectivity index (χ2v) is 5.69. The third kappa shape index (κ3) is 4.70. The maximum atomic E-state index is 11.9. The number of carbonyl (C=O) groups is 1. The summed E-state index contributed by atoms with van der Waals surface area (Å²) < 4.78 is 6.40. The van der Waals surface area contributed by atoms with Gasteiger partial charge in [0.2, 0.25) is 0 Å². The number of aryl methyl sites for hydroxylation is 1. The monoisotopic (exact) mass is 360 g/mol. The largest absolute Gasteiger partial charge is 0.480 e. The van der Waals surface area contributed by atoms with Crippen LogP contribution in [0.25, 0.3) is 0 Å². The molecular weight excluding hydrogens is 344 g/mol. The van der Waals surface area contributed by atoms with E-state index in [1.54, 1.807) is 19.2 Å². The molecule has 0 bridgehead atoms. The van der Waals surface area contributed by atoms with Crippen molar-refractivity contribution < 1.29 is 9.53 Å². The number of para-hydroxylation sites is 1. The van der Waals surface area contributed by atoms with Crippen LogP contribution < -0.4 is 10.2 Å². The molecule has 0 aromatic heterocycles. The Kier molecular flexibility index (Phi) is 5.72. The summed E-state index contributed by atoms with van der Waals surface area (Å²) in [5.41, 5.74) is 4.57. The van der Waals surface area contributed by atoms with E-state index in [2.05, 4.69) is 26.5 Å². The Morgan fingerprint density at radius 1 is 1.23 bits per heavy atom. The van der Waals surface area contributed by atoms with E-state index < -0.39 is 6.10 Å². The minimum absolute atomic E-state index is 0.306. The van der Waals surface area contributed by atoms with Gasteiger partial charge in [-0.15, -0.1) is 0 Å². The van der Waals surface area contributed by atoms with Gasteiger partial charge in [0, 0.05) is 0 Å². The smallest absolute Gasteiger partial charge is 0.280 e. The van der Waals surface area contributed by atoms with Gasteiger partial charge in [0.15, 0.2) is 6.10 Å². The summed E-state index contributed by atoms with van der Waals surface area (Å²) in [5.74, 6) is 0.312. The van der Waals surface area contributed by atoms with Crippen LogP contribution in [0.2, 0.25) is 0 Å². The van der Waals surface area contributed by atoms with Gasteiger partial charge in [-0.05, 0) is 47.5 Å². The Balaban J connectivity index is 1.89. The Bertz CT molecular complexity index is 669. The molecule has 4 nitrogen and oxygen atoms in total. The number of benzene rings is 2. The molecule has 2 aromatic rings. The molecule has 0 aliphatic carbocycles. The zero-order valence-electron chi connectivity index (χ0n) is 12.4. The van der Waals surface area contributed by atoms with Gasteiger partial charge >= 0.3 is 0 Å². The number of carbonyl (C=O) groups excluding carboxylic acids is 1. The molecule has 1 N–H and O–H groups in total. The number of ether oxygens (including phenoxy) is 1. The van der Waals surface area contributed by atoms with E-state index in [-0.39, 0.29) is 5.91 Å². The fourth-order valence-electron chi connectivity index (χ4n) is 1.70. The second-order valence-electron chi connectivity index (χ2n) is 4.84. The van der Waals surface area contributed by atoms with Crippen molar-refractivity contribution in [1.82, 2.24) is 5.43 Å². The van der Waals surface area contributed by atoms with Gasteiger partial charge in [-0.25, -0.2) is 5.43 Å². The number of nitrogens with zero attached hydrogens (tertiary/aromatic N) is 1. The Morgan fingerprint density at radius 3 is 2.59 bits per heavy atom. The van der Waals surface area contributed by atoms with Crippen LogP contribution in [0.5, 0.6) is 5.75 Å². The molecular formula is C17H17BrN2O2. The molecule has 0 unspecified atom stereocenters. The molecule has 5 heteroatoms. The molecule has 0 aliphatic rings. The topological polar surface area (TPSA) is 50.7 Å². The van der Waals surface area contributed by atoms with Crippen molar-refractivity contribution >= 4 is 28.1 Å². The highest BCUT2D eigenvalue weighted by atomic mass is 79.9. The van der Waals surface area contributed by atoms with Gasteiger partial charge in [-0.1, -0.05) is 42.0 Å².